The summed E-state index contributed by atoms with van der Waals surface area (Å²) in [7, 11) is 0. The van der Waals surface area contributed by atoms with E-state index in [1.165, 1.54) is 0 Å². The van der Waals surface area contributed by atoms with E-state index in [4.69, 9.17) is 10.5 Å². The number of alkyl halides is 1. The number of hydrogen-bond donors (Lipinski definition) is 1. The minimum absolute atomic E-state index is 0.262. The van der Waals surface area contributed by atoms with Crippen molar-refractivity contribution in [1.29, 1.82) is 0 Å². The highest BCUT2D eigenvalue weighted by molar-refractivity contribution is 5.57. The number of nitrogens with zero attached hydrogens (tertiary/aromatic N) is 3. The van der Waals surface area contributed by atoms with Crippen LogP contribution in [0.25, 0.3) is 11.4 Å². The van der Waals surface area contributed by atoms with Gasteiger partial charge in [-0.1, -0.05) is 0 Å². The number of ether oxygens (including phenoxy) is 1. The standard InChI is InChI=1S/C14H17FN4O/c1-2-20-11-5-3-9(4-6-11)13-17-18-14-12(16)7-10(15)8-19(13)14/h3-6,10,12H,2,7-8,16H2,1H3. The zero-order valence-electron chi connectivity index (χ0n) is 11.3. The molecule has 0 aliphatic carbocycles. The first-order chi connectivity index (χ1) is 9.69. The van der Waals surface area contributed by atoms with Gasteiger partial charge in [0.25, 0.3) is 0 Å². The molecule has 2 N–H and O–H groups in total. The summed E-state index contributed by atoms with van der Waals surface area (Å²) in [5, 5.41) is 8.25. The molecule has 0 amide bonds. The maximum atomic E-state index is 13.7. The maximum Gasteiger partial charge on any atom is 0.164 e. The van der Waals surface area contributed by atoms with Crippen LogP contribution in [0, 0.1) is 0 Å². The van der Waals surface area contributed by atoms with Crippen molar-refractivity contribution < 1.29 is 9.13 Å². The van der Waals surface area contributed by atoms with Gasteiger partial charge in [-0.25, -0.2) is 4.39 Å². The molecule has 0 fully saturated rings. The van der Waals surface area contributed by atoms with Gasteiger partial charge in [0, 0.05) is 12.0 Å². The highest BCUT2D eigenvalue weighted by Crippen LogP contribution is 2.29. The lowest BCUT2D eigenvalue weighted by molar-refractivity contribution is 0.231. The Labute approximate surface area is 116 Å². The summed E-state index contributed by atoms with van der Waals surface area (Å²) in [5.41, 5.74) is 6.79. The molecule has 6 heteroatoms. The molecule has 1 aliphatic rings. The number of hydrogen-bond acceptors (Lipinski definition) is 4. The second-order valence-electron chi connectivity index (χ2n) is 4.89. The third-order valence-corrected chi connectivity index (χ3v) is 3.42. The summed E-state index contributed by atoms with van der Waals surface area (Å²) in [6, 6.07) is 7.15. The molecule has 5 nitrogen and oxygen atoms in total. The van der Waals surface area contributed by atoms with Gasteiger partial charge in [0.15, 0.2) is 5.82 Å². The molecule has 0 saturated heterocycles. The van der Waals surface area contributed by atoms with Crippen molar-refractivity contribution in [3.63, 3.8) is 0 Å². The molecular weight excluding hydrogens is 259 g/mol. The van der Waals surface area contributed by atoms with Crippen molar-refractivity contribution in [2.45, 2.75) is 32.1 Å². The Hall–Kier alpha value is -1.95. The van der Waals surface area contributed by atoms with Crippen LogP contribution in [0.4, 0.5) is 4.39 Å². The molecule has 3 rings (SSSR count). The maximum absolute atomic E-state index is 13.7. The molecule has 0 bridgehead atoms. The molecular formula is C14H17FN4O. The smallest absolute Gasteiger partial charge is 0.164 e. The molecule has 20 heavy (non-hydrogen) atoms. The van der Waals surface area contributed by atoms with Gasteiger partial charge in [0.2, 0.25) is 0 Å². The van der Waals surface area contributed by atoms with Crippen LogP contribution < -0.4 is 10.5 Å². The van der Waals surface area contributed by atoms with E-state index < -0.39 is 6.17 Å². The first kappa shape index (κ1) is 13.1. The molecule has 106 valence electrons. The van der Waals surface area contributed by atoms with Crippen molar-refractivity contribution in [1.82, 2.24) is 14.8 Å². The van der Waals surface area contributed by atoms with Gasteiger partial charge in [-0.05, 0) is 31.2 Å². The van der Waals surface area contributed by atoms with Gasteiger partial charge in [-0.2, -0.15) is 0 Å². The van der Waals surface area contributed by atoms with E-state index in [9.17, 15) is 4.39 Å². The molecule has 2 atom stereocenters. The van der Waals surface area contributed by atoms with Gasteiger partial charge in [-0.3, -0.25) is 0 Å². The van der Waals surface area contributed by atoms with Crippen molar-refractivity contribution in [3.05, 3.63) is 30.1 Å². The Morgan fingerprint density at radius 2 is 2.10 bits per heavy atom. The van der Waals surface area contributed by atoms with Crippen LogP contribution in [-0.4, -0.2) is 27.5 Å². The topological polar surface area (TPSA) is 66.0 Å². The highest BCUT2D eigenvalue weighted by Gasteiger charge is 2.28. The van der Waals surface area contributed by atoms with Gasteiger partial charge in [0.05, 0.1) is 19.2 Å². The summed E-state index contributed by atoms with van der Waals surface area (Å²) in [6.45, 7) is 2.82. The normalized spacial score (nSPS) is 21.6. The molecule has 0 radical (unpaired) electrons. The average Bonchev–Trinajstić information content (AvgIpc) is 2.84. The van der Waals surface area contributed by atoms with E-state index in [2.05, 4.69) is 10.2 Å². The monoisotopic (exact) mass is 276 g/mol. The number of nitrogens with two attached hydrogens (primary N) is 1. The fourth-order valence-electron chi connectivity index (χ4n) is 2.50. The predicted octanol–water partition coefficient (Wildman–Crippen LogP) is 2.09. The van der Waals surface area contributed by atoms with Crippen LogP contribution in [0.5, 0.6) is 5.75 Å². The molecule has 1 aliphatic heterocycles. The molecule has 2 heterocycles. The van der Waals surface area contributed by atoms with Crippen molar-refractivity contribution in [3.8, 4) is 17.1 Å². The Kier molecular flexibility index (Phi) is 3.40. The van der Waals surface area contributed by atoms with Gasteiger partial charge in [0.1, 0.15) is 17.7 Å². The zero-order chi connectivity index (χ0) is 14.1. The lowest BCUT2D eigenvalue weighted by Crippen LogP contribution is -2.29. The van der Waals surface area contributed by atoms with Crippen LogP contribution in [0.3, 0.4) is 0 Å². The van der Waals surface area contributed by atoms with E-state index in [1.54, 1.807) is 4.57 Å². The number of rotatable bonds is 3. The van der Waals surface area contributed by atoms with Crippen LogP contribution >= 0.6 is 0 Å². The van der Waals surface area contributed by atoms with Crippen LogP contribution in [0.15, 0.2) is 24.3 Å². The van der Waals surface area contributed by atoms with E-state index in [-0.39, 0.29) is 12.6 Å². The third-order valence-electron chi connectivity index (χ3n) is 3.42. The van der Waals surface area contributed by atoms with E-state index >= 15 is 0 Å². The minimum atomic E-state index is -0.949. The summed E-state index contributed by atoms with van der Waals surface area (Å²) < 4.78 is 20.8. The van der Waals surface area contributed by atoms with Gasteiger partial charge < -0.3 is 15.0 Å². The number of halogens is 1. The van der Waals surface area contributed by atoms with Crippen LogP contribution in [0.1, 0.15) is 25.2 Å². The SMILES string of the molecule is CCOc1ccc(-c2nnc3n2CC(F)CC3N)cc1. The van der Waals surface area contributed by atoms with Gasteiger partial charge >= 0.3 is 0 Å². The van der Waals surface area contributed by atoms with Crippen LogP contribution in [-0.2, 0) is 6.54 Å². The van der Waals surface area contributed by atoms with Crippen LogP contribution in [0.2, 0.25) is 0 Å². The fraction of sp³-hybridized carbons (Fsp3) is 0.429. The molecule has 2 aromatic rings. The Morgan fingerprint density at radius 3 is 2.80 bits per heavy atom. The van der Waals surface area contributed by atoms with Crippen molar-refractivity contribution in [2.24, 2.45) is 5.73 Å². The lowest BCUT2D eigenvalue weighted by atomic mass is 10.1. The lowest BCUT2D eigenvalue weighted by Gasteiger charge is -2.23. The second-order valence-corrected chi connectivity index (χ2v) is 4.89. The van der Waals surface area contributed by atoms with Crippen molar-refractivity contribution in [2.75, 3.05) is 6.61 Å². The Balaban J connectivity index is 1.95. The minimum Gasteiger partial charge on any atom is -0.494 e. The Bertz CT molecular complexity index is 596. The summed E-state index contributed by atoms with van der Waals surface area (Å²) in [6.07, 6.45) is -0.642. The third kappa shape index (κ3) is 2.27. The Morgan fingerprint density at radius 1 is 1.35 bits per heavy atom. The fourth-order valence-corrected chi connectivity index (χ4v) is 2.50. The molecule has 1 aromatic carbocycles. The highest BCUT2D eigenvalue weighted by atomic mass is 19.1. The molecule has 1 aromatic heterocycles. The second kappa shape index (κ2) is 5.20. The first-order valence-electron chi connectivity index (χ1n) is 6.75. The average molecular weight is 276 g/mol. The number of aromatic nitrogens is 3. The molecule has 0 spiro atoms. The van der Waals surface area contributed by atoms with E-state index in [0.29, 0.717) is 24.7 Å². The zero-order valence-corrected chi connectivity index (χ0v) is 11.3. The van der Waals surface area contributed by atoms with Gasteiger partial charge in [-0.15, -0.1) is 10.2 Å². The predicted molar refractivity (Wildman–Crippen MR) is 73.1 cm³/mol. The summed E-state index contributed by atoms with van der Waals surface area (Å²) in [5.74, 6) is 2.11. The van der Waals surface area contributed by atoms with E-state index in [0.717, 1.165) is 11.3 Å². The summed E-state index contributed by atoms with van der Waals surface area (Å²) in [4.78, 5) is 0. The molecule has 0 saturated carbocycles. The number of benzene rings is 1. The first-order valence-corrected chi connectivity index (χ1v) is 6.75. The number of fused-ring (bicyclic) bond motifs is 1. The van der Waals surface area contributed by atoms with Crippen molar-refractivity contribution >= 4 is 0 Å². The largest absolute Gasteiger partial charge is 0.494 e. The quantitative estimate of drug-likeness (QED) is 0.932. The molecule has 2 unspecified atom stereocenters. The van der Waals surface area contributed by atoms with E-state index in [1.807, 2.05) is 31.2 Å². The summed E-state index contributed by atoms with van der Waals surface area (Å²) >= 11 is 0.